The van der Waals surface area contributed by atoms with Gasteiger partial charge in [0.1, 0.15) is 0 Å². The highest BCUT2D eigenvalue weighted by molar-refractivity contribution is 6.18. The van der Waals surface area contributed by atoms with Crippen LogP contribution in [-0.4, -0.2) is 32.3 Å². The normalized spacial score (nSPS) is 34.9. The first-order valence-electron chi connectivity index (χ1n) is 5.56. The highest BCUT2D eigenvalue weighted by Crippen LogP contribution is 2.39. The molecule has 0 saturated carbocycles. The minimum atomic E-state index is 0.281. The van der Waals surface area contributed by atoms with Crippen LogP contribution in [0.2, 0.25) is 0 Å². The zero-order valence-electron chi connectivity index (χ0n) is 8.64. The van der Waals surface area contributed by atoms with Gasteiger partial charge in [-0.15, -0.1) is 11.6 Å². The molecule has 82 valence electrons. The van der Waals surface area contributed by atoms with Crippen LogP contribution in [0.5, 0.6) is 0 Å². The van der Waals surface area contributed by atoms with Gasteiger partial charge >= 0.3 is 0 Å². The molecule has 0 bridgehead atoms. The van der Waals surface area contributed by atoms with E-state index in [1.807, 2.05) is 0 Å². The topological polar surface area (TPSA) is 18.5 Å². The summed E-state index contributed by atoms with van der Waals surface area (Å²) in [7, 11) is 0. The minimum Gasteiger partial charge on any atom is -0.381 e. The summed E-state index contributed by atoms with van der Waals surface area (Å²) < 4.78 is 10.8. The predicted octanol–water partition coefficient (Wildman–Crippen LogP) is 2.45. The molecule has 2 aliphatic rings. The molecule has 0 aromatic carbocycles. The fourth-order valence-electron chi connectivity index (χ4n) is 2.53. The third-order valence-corrected chi connectivity index (χ3v) is 4.10. The molecule has 2 rings (SSSR count). The Morgan fingerprint density at radius 2 is 1.93 bits per heavy atom. The van der Waals surface area contributed by atoms with E-state index in [1.54, 1.807) is 0 Å². The van der Waals surface area contributed by atoms with Crippen LogP contribution in [0.15, 0.2) is 0 Å². The van der Waals surface area contributed by atoms with Crippen molar-refractivity contribution >= 4 is 11.6 Å². The van der Waals surface area contributed by atoms with E-state index < -0.39 is 0 Å². The summed E-state index contributed by atoms with van der Waals surface area (Å²) in [4.78, 5) is 0. The molecule has 2 aliphatic heterocycles. The standard InChI is InChI=1S/C11H19ClO2/c12-8-11(3-6-14-9-11)7-10-1-4-13-5-2-10/h10H,1-9H2. The van der Waals surface area contributed by atoms with Crippen molar-refractivity contribution in [2.75, 3.05) is 32.3 Å². The molecule has 2 saturated heterocycles. The molecule has 0 aromatic heterocycles. The minimum absolute atomic E-state index is 0.281. The Morgan fingerprint density at radius 3 is 2.50 bits per heavy atom. The lowest BCUT2D eigenvalue weighted by molar-refractivity contribution is 0.0467. The summed E-state index contributed by atoms with van der Waals surface area (Å²) in [6, 6.07) is 0. The third-order valence-electron chi connectivity index (χ3n) is 3.53. The molecule has 14 heavy (non-hydrogen) atoms. The summed E-state index contributed by atoms with van der Waals surface area (Å²) in [6.07, 6.45) is 4.80. The maximum Gasteiger partial charge on any atom is 0.0534 e. The second-order valence-electron chi connectivity index (χ2n) is 4.70. The summed E-state index contributed by atoms with van der Waals surface area (Å²) in [5.41, 5.74) is 0.281. The molecule has 0 spiro atoms. The summed E-state index contributed by atoms with van der Waals surface area (Å²) >= 11 is 6.07. The van der Waals surface area contributed by atoms with Crippen molar-refractivity contribution in [3.63, 3.8) is 0 Å². The van der Waals surface area contributed by atoms with Crippen molar-refractivity contribution in [2.45, 2.75) is 25.7 Å². The van der Waals surface area contributed by atoms with Crippen LogP contribution < -0.4 is 0 Å². The van der Waals surface area contributed by atoms with Gasteiger partial charge in [0.05, 0.1) is 6.61 Å². The fraction of sp³-hybridized carbons (Fsp3) is 1.00. The van der Waals surface area contributed by atoms with Crippen LogP contribution >= 0.6 is 11.6 Å². The zero-order chi connectivity index (χ0) is 9.86. The van der Waals surface area contributed by atoms with Crippen molar-refractivity contribution in [1.82, 2.24) is 0 Å². The lowest BCUT2D eigenvalue weighted by atomic mass is 9.78. The van der Waals surface area contributed by atoms with Gasteiger partial charge in [-0.1, -0.05) is 0 Å². The van der Waals surface area contributed by atoms with E-state index in [9.17, 15) is 0 Å². The second-order valence-corrected chi connectivity index (χ2v) is 4.96. The molecule has 3 heteroatoms. The molecule has 0 aliphatic carbocycles. The van der Waals surface area contributed by atoms with Gasteiger partial charge in [0.25, 0.3) is 0 Å². The van der Waals surface area contributed by atoms with Crippen LogP contribution in [0, 0.1) is 11.3 Å². The van der Waals surface area contributed by atoms with E-state index in [0.717, 1.165) is 44.6 Å². The first-order valence-corrected chi connectivity index (χ1v) is 6.10. The molecule has 2 nitrogen and oxygen atoms in total. The Bertz CT molecular complexity index is 172. The van der Waals surface area contributed by atoms with Gasteiger partial charge in [-0.2, -0.15) is 0 Å². The molecule has 0 N–H and O–H groups in total. The second kappa shape index (κ2) is 4.82. The van der Waals surface area contributed by atoms with Crippen molar-refractivity contribution in [3.8, 4) is 0 Å². The molecule has 1 atom stereocenters. The predicted molar refractivity (Wildman–Crippen MR) is 56.7 cm³/mol. The number of halogens is 1. The van der Waals surface area contributed by atoms with Gasteiger partial charge in [-0.3, -0.25) is 0 Å². The average molecular weight is 219 g/mol. The van der Waals surface area contributed by atoms with Crippen LogP contribution in [-0.2, 0) is 9.47 Å². The molecular weight excluding hydrogens is 200 g/mol. The van der Waals surface area contributed by atoms with Crippen molar-refractivity contribution in [2.24, 2.45) is 11.3 Å². The number of ether oxygens (including phenoxy) is 2. The molecule has 1 unspecified atom stereocenters. The molecule has 2 fully saturated rings. The van der Waals surface area contributed by atoms with Gasteiger partial charge in [-0.05, 0) is 31.6 Å². The Hall–Kier alpha value is 0.210. The molecule has 2 heterocycles. The van der Waals surface area contributed by atoms with E-state index in [-0.39, 0.29) is 5.41 Å². The average Bonchev–Trinajstić information content (AvgIpc) is 2.69. The van der Waals surface area contributed by atoms with E-state index in [1.165, 1.54) is 19.3 Å². The van der Waals surface area contributed by atoms with Crippen LogP contribution in [0.25, 0.3) is 0 Å². The van der Waals surface area contributed by atoms with E-state index in [4.69, 9.17) is 21.1 Å². The maximum atomic E-state index is 6.07. The van der Waals surface area contributed by atoms with Crippen LogP contribution in [0.4, 0.5) is 0 Å². The van der Waals surface area contributed by atoms with Crippen molar-refractivity contribution < 1.29 is 9.47 Å². The maximum absolute atomic E-state index is 6.07. The van der Waals surface area contributed by atoms with Gasteiger partial charge in [0.2, 0.25) is 0 Å². The van der Waals surface area contributed by atoms with Gasteiger partial charge in [0.15, 0.2) is 0 Å². The molecule has 0 amide bonds. The molecular formula is C11H19ClO2. The first kappa shape index (κ1) is 10.7. The number of hydrogen-bond acceptors (Lipinski definition) is 2. The third kappa shape index (κ3) is 2.41. The summed E-state index contributed by atoms with van der Waals surface area (Å²) in [5, 5.41) is 0. The quantitative estimate of drug-likeness (QED) is 0.678. The van der Waals surface area contributed by atoms with Gasteiger partial charge in [-0.25, -0.2) is 0 Å². The highest BCUT2D eigenvalue weighted by atomic mass is 35.5. The van der Waals surface area contributed by atoms with Crippen LogP contribution in [0.1, 0.15) is 25.7 Å². The van der Waals surface area contributed by atoms with Crippen molar-refractivity contribution in [1.29, 1.82) is 0 Å². The molecule has 0 radical (unpaired) electrons. The monoisotopic (exact) mass is 218 g/mol. The summed E-state index contributed by atoms with van der Waals surface area (Å²) in [6.45, 7) is 3.64. The molecule has 0 aromatic rings. The number of alkyl halides is 1. The Morgan fingerprint density at radius 1 is 1.14 bits per heavy atom. The van der Waals surface area contributed by atoms with Crippen LogP contribution in [0.3, 0.4) is 0 Å². The number of hydrogen-bond donors (Lipinski definition) is 0. The van der Waals surface area contributed by atoms with E-state index >= 15 is 0 Å². The largest absolute Gasteiger partial charge is 0.381 e. The van der Waals surface area contributed by atoms with Gasteiger partial charge < -0.3 is 9.47 Å². The lowest BCUT2D eigenvalue weighted by Crippen LogP contribution is -2.29. The van der Waals surface area contributed by atoms with Gasteiger partial charge in [0, 0.05) is 31.1 Å². The Kier molecular flexibility index (Phi) is 3.69. The Balaban J connectivity index is 1.86. The van der Waals surface area contributed by atoms with E-state index in [0.29, 0.717) is 0 Å². The number of rotatable bonds is 3. The van der Waals surface area contributed by atoms with E-state index in [2.05, 4.69) is 0 Å². The van der Waals surface area contributed by atoms with Crippen molar-refractivity contribution in [3.05, 3.63) is 0 Å². The zero-order valence-corrected chi connectivity index (χ0v) is 9.39. The smallest absolute Gasteiger partial charge is 0.0534 e. The highest BCUT2D eigenvalue weighted by Gasteiger charge is 2.36. The Labute approximate surface area is 90.9 Å². The lowest BCUT2D eigenvalue weighted by Gasteiger charge is -2.31. The summed E-state index contributed by atoms with van der Waals surface area (Å²) in [5.74, 6) is 1.56. The first-order chi connectivity index (χ1) is 6.85. The fourth-order valence-corrected chi connectivity index (χ4v) is 2.85. The SMILES string of the molecule is ClCC1(CC2CCOCC2)CCOC1.